The van der Waals surface area contributed by atoms with Gasteiger partial charge in [0, 0.05) is 9.81 Å². The molecule has 0 bridgehead atoms. The minimum absolute atomic E-state index is 1.00. The molecule has 0 fully saturated rings. The first-order chi connectivity index (χ1) is 7.91. The van der Waals surface area contributed by atoms with Gasteiger partial charge in [-0.2, -0.15) is 0 Å². The predicted molar refractivity (Wildman–Crippen MR) is 87.2 cm³/mol. The molecule has 0 aliphatic heterocycles. The molecule has 0 N–H and O–H groups in total. The van der Waals surface area contributed by atoms with E-state index in [-0.39, 0.29) is 0 Å². The summed E-state index contributed by atoms with van der Waals surface area (Å²) in [6, 6.07) is 8.90. The van der Waals surface area contributed by atoms with E-state index in [9.17, 15) is 0 Å². The highest BCUT2D eigenvalue weighted by atomic mass is 127. The van der Waals surface area contributed by atoms with Crippen LogP contribution in [-0.4, -0.2) is 13.1 Å². The molecule has 3 heteroatoms. The van der Waals surface area contributed by atoms with Crippen molar-refractivity contribution in [3.8, 4) is 0 Å². The number of aryl methyl sites for hydroxylation is 1. The van der Waals surface area contributed by atoms with Gasteiger partial charge in [-0.1, -0.05) is 60.4 Å². The molecule has 1 aromatic heterocycles. The third-order valence-corrected chi connectivity index (χ3v) is 5.76. The number of alkyl halides is 1. The Bertz CT molecular complexity index is 558. The smallest absolute Gasteiger partial charge is 0.0800 e. The Morgan fingerprint density at radius 3 is 2.47 bits per heavy atom. The molecular formula is C14H18INSi. The van der Waals surface area contributed by atoms with Crippen LogP contribution in [0, 0.1) is 6.92 Å². The molecule has 17 heavy (non-hydrogen) atoms. The van der Waals surface area contributed by atoms with E-state index in [2.05, 4.69) is 73.4 Å². The SMILES string of the molecule is Cc1ccc2cc([Si](C)(C)C)c(CI)nc2c1. The van der Waals surface area contributed by atoms with Gasteiger partial charge in [0.2, 0.25) is 0 Å². The van der Waals surface area contributed by atoms with Crippen molar-refractivity contribution in [3.05, 3.63) is 35.5 Å². The minimum Gasteiger partial charge on any atom is -0.252 e. The third kappa shape index (κ3) is 2.71. The molecular weight excluding hydrogens is 337 g/mol. The summed E-state index contributed by atoms with van der Waals surface area (Å²) in [6.07, 6.45) is 0. The molecule has 0 amide bonds. The van der Waals surface area contributed by atoms with Crippen molar-refractivity contribution in [2.45, 2.75) is 31.0 Å². The Morgan fingerprint density at radius 2 is 1.88 bits per heavy atom. The molecule has 90 valence electrons. The molecule has 0 unspecified atom stereocenters. The highest BCUT2D eigenvalue weighted by Gasteiger charge is 2.21. The van der Waals surface area contributed by atoms with Gasteiger partial charge in [-0.3, -0.25) is 4.98 Å². The molecule has 0 radical (unpaired) electrons. The highest BCUT2D eigenvalue weighted by Crippen LogP contribution is 2.17. The molecule has 1 aromatic carbocycles. The minimum atomic E-state index is -1.30. The van der Waals surface area contributed by atoms with E-state index >= 15 is 0 Å². The van der Waals surface area contributed by atoms with E-state index in [1.807, 2.05) is 0 Å². The number of pyridine rings is 1. The van der Waals surface area contributed by atoms with Crippen LogP contribution in [0.15, 0.2) is 24.3 Å². The Kier molecular flexibility index (Phi) is 3.59. The second kappa shape index (κ2) is 4.69. The number of halogens is 1. The van der Waals surface area contributed by atoms with Gasteiger partial charge in [-0.05, 0) is 23.7 Å². The van der Waals surface area contributed by atoms with Crippen LogP contribution >= 0.6 is 22.6 Å². The zero-order valence-corrected chi connectivity index (χ0v) is 14.0. The van der Waals surface area contributed by atoms with Gasteiger partial charge in [0.25, 0.3) is 0 Å². The van der Waals surface area contributed by atoms with E-state index in [1.54, 1.807) is 0 Å². The van der Waals surface area contributed by atoms with Crippen molar-refractivity contribution in [1.82, 2.24) is 4.98 Å². The highest BCUT2D eigenvalue weighted by molar-refractivity contribution is 14.1. The van der Waals surface area contributed by atoms with Crippen LogP contribution < -0.4 is 5.19 Å². The van der Waals surface area contributed by atoms with Crippen LogP contribution in [-0.2, 0) is 4.43 Å². The Hall–Kier alpha value is -0.423. The van der Waals surface area contributed by atoms with Crippen molar-refractivity contribution in [1.29, 1.82) is 0 Å². The number of rotatable bonds is 2. The van der Waals surface area contributed by atoms with E-state index < -0.39 is 8.07 Å². The quantitative estimate of drug-likeness (QED) is 0.450. The number of fused-ring (bicyclic) bond motifs is 1. The lowest BCUT2D eigenvalue weighted by molar-refractivity contribution is 1.26. The van der Waals surface area contributed by atoms with E-state index in [4.69, 9.17) is 4.98 Å². The Balaban J connectivity index is 2.73. The second-order valence-corrected chi connectivity index (χ2v) is 11.4. The zero-order chi connectivity index (χ0) is 12.6. The molecule has 0 aliphatic carbocycles. The maximum Gasteiger partial charge on any atom is 0.0800 e. The third-order valence-electron chi connectivity index (χ3n) is 2.99. The maximum absolute atomic E-state index is 4.85. The van der Waals surface area contributed by atoms with Gasteiger partial charge in [0.1, 0.15) is 0 Å². The summed E-state index contributed by atoms with van der Waals surface area (Å²) < 4.78 is 1.00. The van der Waals surface area contributed by atoms with Crippen LogP contribution in [0.3, 0.4) is 0 Å². The summed E-state index contributed by atoms with van der Waals surface area (Å²) in [4.78, 5) is 4.85. The van der Waals surface area contributed by atoms with Crippen LogP contribution in [0.1, 0.15) is 11.3 Å². The molecule has 2 aromatic rings. The second-order valence-electron chi connectivity index (χ2n) is 5.56. The standard InChI is InChI=1S/C14H18INSi/c1-10-5-6-11-8-14(17(2,3)4)13(9-15)16-12(11)7-10/h5-8H,9H2,1-4H3. The molecule has 0 saturated heterocycles. The number of hydrogen-bond donors (Lipinski definition) is 0. The van der Waals surface area contributed by atoms with E-state index in [0.717, 1.165) is 9.94 Å². The predicted octanol–water partition coefficient (Wildman–Crippen LogP) is 4.02. The summed E-state index contributed by atoms with van der Waals surface area (Å²) in [7, 11) is -1.30. The Morgan fingerprint density at radius 1 is 1.18 bits per heavy atom. The molecule has 0 atom stereocenters. The summed E-state index contributed by atoms with van der Waals surface area (Å²) in [5, 5.41) is 2.78. The van der Waals surface area contributed by atoms with Gasteiger partial charge in [-0.15, -0.1) is 0 Å². The average molecular weight is 355 g/mol. The van der Waals surface area contributed by atoms with Crippen molar-refractivity contribution >= 4 is 46.8 Å². The molecule has 0 aliphatic rings. The van der Waals surface area contributed by atoms with Gasteiger partial charge >= 0.3 is 0 Å². The number of nitrogens with zero attached hydrogens (tertiary/aromatic N) is 1. The van der Waals surface area contributed by atoms with E-state index in [1.165, 1.54) is 21.8 Å². The van der Waals surface area contributed by atoms with Crippen LogP contribution in [0.25, 0.3) is 10.9 Å². The lowest BCUT2D eigenvalue weighted by Gasteiger charge is -2.20. The van der Waals surface area contributed by atoms with Crippen LogP contribution in [0.5, 0.6) is 0 Å². The largest absolute Gasteiger partial charge is 0.252 e. The first-order valence-corrected chi connectivity index (χ1v) is 10.9. The van der Waals surface area contributed by atoms with Crippen molar-refractivity contribution < 1.29 is 0 Å². The fourth-order valence-corrected chi connectivity index (χ4v) is 4.61. The van der Waals surface area contributed by atoms with Gasteiger partial charge < -0.3 is 0 Å². The fraction of sp³-hybridized carbons (Fsp3) is 0.357. The topological polar surface area (TPSA) is 12.9 Å². The number of hydrogen-bond acceptors (Lipinski definition) is 1. The van der Waals surface area contributed by atoms with Gasteiger partial charge in [0.05, 0.1) is 19.3 Å². The van der Waals surface area contributed by atoms with Gasteiger partial charge in [0.15, 0.2) is 0 Å². The maximum atomic E-state index is 4.85. The van der Waals surface area contributed by atoms with Crippen molar-refractivity contribution in [2.24, 2.45) is 0 Å². The van der Waals surface area contributed by atoms with Crippen molar-refractivity contribution in [2.75, 3.05) is 0 Å². The number of benzene rings is 1. The summed E-state index contributed by atoms with van der Waals surface area (Å²) in [5.74, 6) is 0. The van der Waals surface area contributed by atoms with Gasteiger partial charge in [-0.25, -0.2) is 0 Å². The fourth-order valence-electron chi connectivity index (χ4n) is 2.07. The molecule has 0 saturated carbocycles. The van der Waals surface area contributed by atoms with Crippen LogP contribution in [0.4, 0.5) is 0 Å². The normalized spacial score (nSPS) is 12.1. The molecule has 1 heterocycles. The Labute approximate surface area is 118 Å². The van der Waals surface area contributed by atoms with E-state index in [0.29, 0.717) is 0 Å². The average Bonchev–Trinajstić information content (AvgIpc) is 2.25. The first-order valence-electron chi connectivity index (χ1n) is 5.88. The lowest BCUT2D eigenvalue weighted by Crippen LogP contribution is -2.40. The summed E-state index contributed by atoms with van der Waals surface area (Å²) >= 11 is 2.42. The van der Waals surface area contributed by atoms with Crippen molar-refractivity contribution in [3.63, 3.8) is 0 Å². The summed E-state index contributed by atoms with van der Waals surface area (Å²) in [6.45, 7) is 9.29. The molecule has 1 nitrogen and oxygen atoms in total. The summed E-state index contributed by atoms with van der Waals surface area (Å²) in [5.41, 5.74) is 3.70. The number of aromatic nitrogens is 1. The molecule has 2 rings (SSSR count). The zero-order valence-electron chi connectivity index (χ0n) is 10.8. The molecule has 0 spiro atoms. The first kappa shape index (κ1) is 13.0. The monoisotopic (exact) mass is 355 g/mol. The lowest BCUT2D eigenvalue weighted by atomic mass is 10.1. The van der Waals surface area contributed by atoms with Crippen LogP contribution in [0.2, 0.25) is 19.6 Å².